The third kappa shape index (κ3) is 11.8. The Bertz CT molecular complexity index is 2030. The molecular formula is C47H66N6O14. The van der Waals surface area contributed by atoms with Crippen LogP contribution >= 0.6 is 0 Å². The van der Waals surface area contributed by atoms with Gasteiger partial charge in [-0.2, -0.15) is 0 Å². The van der Waals surface area contributed by atoms with Crippen LogP contribution in [-0.4, -0.2) is 146 Å². The highest BCUT2D eigenvalue weighted by molar-refractivity contribution is 6.01. The molecular weight excluding hydrogens is 873 g/mol. The highest BCUT2D eigenvalue weighted by Gasteiger charge is 2.75. The normalized spacial score (nSPS) is 31.9. The summed E-state index contributed by atoms with van der Waals surface area (Å²) in [6, 6.07) is -1.35. The van der Waals surface area contributed by atoms with Crippen molar-refractivity contribution in [2.45, 2.75) is 128 Å². The monoisotopic (exact) mass is 938 g/mol. The second-order valence-electron chi connectivity index (χ2n) is 18.7. The molecule has 6 aliphatic rings. The average molecular weight is 939 g/mol. The zero-order chi connectivity index (χ0) is 48.4. The van der Waals surface area contributed by atoms with Gasteiger partial charge in [0.2, 0.25) is 35.4 Å². The van der Waals surface area contributed by atoms with Crippen molar-refractivity contribution in [3.63, 3.8) is 0 Å². The average Bonchev–Trinajstić information content (AvgIpc) is 3.77. The maximum absolute atomic E-state index is 14.4. The number of rotatable bonds is 21. The Morgan fingerprint density at radius 2 is 1.58 bits per heavy atom. The third-order valence-corrected chi connectivity index (χ3v) is 14.4. The highest BCUT2D eigenvalue weighted by atomic mass is 16.7. The molecule has 368 valence electrons. The van der Waals surface area contributed by atoms with Crippen molar-refractivity contribution in [1.82, 2.24) is 31.9 Å². The largest absolute Gasteiger partial charge is 0.394 e. The second-order valence-corrected chi connectivity index (χ2v) is 18.7. The summed E-state index contributed by atoms with van der Waals surface area (Å²) in [5, 5.41) is 35.5. The Morgan fingerprint density at radius 3 is 2.27 bits per heavy atom. The molecule has 3 saturated carbocycles. The van der Waals surface area contributed by atoms with Crippen LogP contribution < -0.4 is 31.9 Å². The van der Waals surface area contributed by atoms with E-state index in [9.17, 15) is 48.6 Å². The third-order valence-electron chi connectivity index (χ3n) is 14.4. The van der Waals surface area contributed by atoms with E-state index in [0.717, 1.165) is 44.1 Å². The fraction of sp³-hybridized carbons (Fsp3) is 0.702. The first-order chi connectivity index (χ1) is 32.0. The van der Waals surface area contributed by atoms with Gasteiger partial charge in [-0.25, -0.2) is 0 Å². The van der Waals surface area contributed by atoms with E-state index in [4.69, 9.17) is 18.9 Å². The van der Waals surface area contributed by atoms with Crippen molar-refractivity contribution in [3.8, 4) is 11.8 Å². The van der Waals surface area contributed by atoms with Crippen LogP contribution in [0.2, 0.25) is 0 Å². The van der Waals surface area contributed by atoms with E-state index in [1.165, 1.54) is 0 Å². The number of amides is 6. The molecule has 20 heteroatoms. The molecule has 5 aliphatic carbocycles. The van der Waals surface area contributed by atoms with Crippen LogP contribution in [0, 0.1) is 40.4 Å². The van der Waals surface area contributed by atoms with E-state index in [-0.39, 0.29) is 42.7 Å². The molecule has 1 aliphatic heterocycles. The van der Waals surface area contributed by atoms with Crippen LogP contribution in [0.15, 0.2) is 23.8 Å². The van der Waals surface area contributed by atoms with Crippen molar-refractivity contribution >= 4 is 47.0 Å². The van der Waals surface area contributed by atoms with Crippen LogP contribution in [0.3, 0.4) is 0 Å². The number of hydrogen-bond donors (Lipinski definition) is 8. The predicted molar refractivity (Wildman–Crippen MR) is 236 cm³/mol. The summed E-state index contributed by atoms with van der Waals surface area (Å²) >= 11 is 0. The lowest BCUT2D eigenvalue weighted by Crippen LogP contribution is -2.63. The van der Waals surface area contributed by atoms with Crippen molar-refractivity contribution in [1.29, 1.82) is 0 Å². The van der Waals surface area contributed by atoms with E-state index < -0.39 is 122 Å². The molecule has 0 radical (unpaired) electrons. The van der Waals surface area contributed by atoms with Crippen molar-refractivity contribution in [3.05, 3.63) is 23.8 Å². The first kappa shape index (κ1) is 51.4. The van der Waals surface area contributed by atoms with Crippen molar-refractivity contribution < 1.29 is 67.5 Å². The smallest absolute Gasteiger partial charge is 0.246 e. The molecule has 0 aromatic carbocycles. The quantitative estimate of drug-likeness (QED) is 0.0394. The summed E-state index contributed by atoms with van der Waals surface area (Å²) in [6.07, 6.45) is 11.0. The van der Waals surface area contributed by atoms with Gasteiger partial charge in [-0.3, -0.25) is 38.4 Å². The number of Topliss-reactive ketones (excluding diaryl/α,β-unsaturated/α-hetero) is 1. The first-order valence-corrected chi connectivity index (χ1v) is 23.5. The van der Waals surface area contributed by atoms with Gasteiger partial charge in [-0.05, 0) is 75.4 Å². The predicted octanol–water partition coefficient (Wildman–Crippen LogP) is -0.891. The Morgan fingerprint density at radius 1 is 0.896 bits per heavy atom. The van der Waals surface area contributed by atoms with Gasteiger partial charge in [0, 0.05) is 23.2 Å². The lowest BCUT2D eigenvalue weighted by molar-refractivity contribution is -0.201. The molecule has 0 aromatic heterocycles. The number of nitrogens with one attached hydrogen (secondary N) is 6. The first-order valence-electron chi connectivity index (χ1n) is 23.5. The van der Waals surface area contributed by atoms with E-state index in [0.29, 0.717) is 32.1 Å². The molecule has 6 amide bonds. The Balaban J connectivity index is 0.873. The maximum atomic E-state index is 14.4. The number of hydrogen-bond acceptors (Lipinski definition) is 14. The molecule has 67 heavy (non-hydrogen) atoms. The van der Waals surface area contributed by atoms with Crippen LogP contribution in [0.5, 0.6) is 0 Å². The number of fused-ring (bicyclic) bond motifs is 7. The van der Waals surface area contributed by atoms with Gasteiger partial charge in [-0.15, -0.1) is 5.92 Å². The van der Waals surface area contributed by atoms with Gasteiger partial charge in [0.1, 0.15) is 32.1 Å². The summed E-state index contributed by atoms with van der Waals surface area (Å²) in [5.74, 6) is 1.15. The molecule has 0 spiro atoms. The van der Waals surface area contributed by atoms with Gasteiger partial charge >= 0.3 is 0 Å². The molecule has 20 nitrogen and oxygen atoms in total. The SMILES string of the molecule is CCCC1O[C@@H]2C[C@H]3[C@@H]4CCC5=CC(=O)C=C[C@]5(C)[C@H]4[C@@H](O)C[C@]3(C)[C@]2(C(=O)COCNC(=O)CNC(=O)CNC(=O)CNC(=O)CNC(=O)[C@H](CO)NC(=O)COC2C#CCCCCC2)O1. The number of carbonyl (C=O) groups excluding carboxylic acids is 8. The molecule has 2 unspecified atom stereocenters. The summed E-state index contributed by atoms with van der Waals surface area (Å²) in [5.41, 5.74) is -1.62. The van der Waals surface area contributed by atoms with Crippen LogP contribution in [0.4, 0.5) is 0 Å². The fourth-order valence-electron chi connectivity index (χ4n) is 11.2. The molecule has 6 rings (SSSR count). The van der Waals surface area contributed by atoms with Gasteiger partial charge in [0.25, 0.3) is 0 Å². The minimum absolute atomic E-state index is 0.00886. The fourth-order valence-corrected chi connectivity index (χ4v) is 11.2. The zero-order valence-electron chi connectivity index (χ0n) is 38.6. The van der Waals surface area contributed by atoms with Gasteiger partial charge in [-0.1, -0.05) is 51.2 Å². The van der Waals surface area contributed by atoms with Crippen molar-refractivity contribution in [2.75, 3.05) is 52.7 Å². The topological polar surface area (TPSA) is 286 Å². The van der Waals surface area contributed by atoms with Gasteiger partial charge < -0.3 is 61.1 Å². The number of ether oxygens (including phenoxy) is 4. The molecule has 1 saturated heterocycles. The number of aliphatic hydroxyl groups excluding tert-OH is 2. The molecule has 4 fully saturated rings. The van der Waals surface area contributed by atoms with Crippen LogP contribution in [0.25, 0.3) is 0 Å². The molecule has 1 heterocycles. The van der Waals surface area contributed by atoms with Gasteiger partial charge in [0.15, 0.2) is 23.5 Å². The minimum Gasteiger partial charge on any atom is -0.394 e. The van der Waals surface area contributed by atoms with Crippen molar-refractivity contribution in [2.24, 2.45) is 28.6 Å². The standard InChI is InChI=1S/C47H66N6O14/c1-4-10-42-66-36-18-32-31-14-13-28-17-29(55)15-16-45(28,2)43(31)34(56)19-46(32,3)47(36,67-42)35(57)25-64-27-52-40(61)22-50-38(59)20-48-37(58)21-49-39(60)23-51-44(63)33(24-54)53-41(62)26-65-30-11-8-6-5-7-9-12-30/h15-17,30-34,36,42-43,54,56H,4-8,10-11,13-14,18-27H2,1-3H3,(H,48,58)(H,49,60)(H,50,59)(H,51,63)(H,52,61)(H,53,62)/t30?,31-,32-,33-,34-,36+,42?,43+,45-,46-,47+/m0/s1. The zero-order valence-corrected chi connectivity index (χ0v) is 38.6. The summed E-state index contributed by atoms with van der Waals surface area (Å²) < 4.78 is 24.3. The Hall–Kier alpha value is -5.04. The molecule has 0 bridgehead atoms. The Kier molecular flexibility index (Phi) is 17.5. The van der Waals surface area contributed by atoms with Gasteiger partial charge in [0.05, 0.1) is 45.0 Å². The summed E-state index contributed by atoms with van der Waals surface area (Å²) in [7, 11) is 0. The molecule has 8 N–H and O–H groups in total. The number of aliphatic hydroxyl groups is 2. The van der Waals surface area contributed by atoms with Crippen LogP contribution in [-0.2, 0) is 57.3 Å². The Labute approximate surface area is 390 Å². The second kappa shape index (κ2) is 22.8. The van der Waals surface area contributed by atoms with E-state index in [2.05, 4.69) is 50.7 Å². The van der Waals surface area contributed by atoms with E-state index >= 15 is 0 Å². The lowest BCUT2D eigenvalue weighted by Gasteiger charge is -2.59. The highest BCUT2D eigenvalue weighted by Crippen LogP contribution is 2.69. The molecule has 11 atom stereocenters. The van der Waals surface area contributed by atoms with E-state index in [1.54, 1.807) is 12.2 Å². The van der Waals surface area contributed by atoms with E-state index in [1.807, 2.05) is 19.9 Å². The lowest BCUT2D eigenvalue weighted by atomic mass is 9.46. The summed E-state index contributed by atoms with van der Waals surface area (Å²) in [6.45, 7) is 2.12. The molecule has 0 aromatic rings. The van der Waals surface area contributed by atoms with Crippen LogP contribution in [0.1, 0.15) is 91.4 Å². The maximum Gasteiger partial charge on any atom is 0.246 e. The minimum atomic E-state index is -1.38. The number of carbonyl (C=O) groups is 8. The summed E-state index contributed by atoms with van der Waals surface area (Å²) in [4.78, 5) is 101. The number of ketones is 2. The number of allylic oxidation sites excluding steroid dienone is 4.